The van der Waals surface area contributed by atoms with E-state index in [2.05, 4.69) is 20.8 Å². The molecule has 0 aliphatic heterocycles. The number of benzene rings is 1. The van der Waals surface area contributed by atoms with Crippen LogP contribution in [0.5, 0.6) is 5.75 Å². The molecule has 0 spiro atoms. The molecule has 1 N–H and O–H groups in total. The van der Waals surface area contributed by atoms with Gasteiger partial charge in [0, 0.05) is 0 Å². The van der Waals surface area contributed by atoms with Crippen LogP contribution in [0.15, 0.2) is 18.2 Å². The SMILES string of the molecule is CCC(C)(C)OC1CCc2ccc(OC)cc2C1O. The van der Waals surface area contributed by atoms with Crippen LogP contribution in [-0.2, 0) is 11.2 Å². The third-order valence-electron chi connectivity index (χ3n) is 4.04. The van der Waals surface area contributed by atoms with Crippen molar-refractivity contribution < 1.29 is 14.6 Å². The van der Waals surface area contributed by atoms with E-state index in [1.165, 1.54) is 5.56 Å². The number of aliphatic hydroxyl groups excluding tert-OH is 1. The lowest BCUT2D eigenvalue weighted by molar-refractivity contribution is -0.127. The summed E-state index contributed by atoms with van der Waals surface area (Å²) in [4.78, 5) is 0. The molecule has 2 unspecified atom stereocenters. The van der Waals surface area contributed by atoms with E-state index in [0.717, 1.165) is 30.6 Å². The van der Waals surface area contributed by atoms with Gasteiger partial charge < -0.3 is 14.6 Å². The average Bonchev–Trinajstić information content (AvgIpc) is 2.41. The van der Waals surface area contributed by atoms with Crippen molar-refractivity contribution in [3.63, 3.8) is 0 Å². The Morgan fingerprint density at radius 3 is 2.74 bits per heavy atom. The fourth-order valence-electron chi connectivity index (χ4n) is 2.48. The summed E-state index contributed by atoms with van der Waals surface area (Å²) in [6.07, 6.45) is 2.05. The lowest BCUT2D eigenvalue weighted by Crippen LogP contribution is -2.36. The number of rotatable bonds is 4. The molecule has 106 valence electrons. The highest BCUT2D eigenvalue weighted by Gasteiger charge is 2.32. The molecule has 3 nitrogen and oxygen atoms in total. The summed E-state index contributed by atoms with van der Waals surface area (Å²) < 4.78 is 11.3. The summed E-state index contributed by atoms with van der Waals surface area (Å²) in [5.74, 6) is 0.785. The molecule has 1 aliphatic carbocycles. The molecule has 1 aromatic rings. The van der Waals surface area contributed by atoms with Crippen LogP contribution in [0.25, 0.3) is 0 Å². The minimum atomic E-state index is -0.565. The molecule has 0 bridgehead atoms. The molecule has 0 saturated heterocycles. The number of aryl methyl sites for hydroxylation is 1. The van der Waals surface area contributed by atoms with Gasteiger partial charge in [-0.1, -0.05) is 13.0 Å². The van der Waals surface area contributed by atoms with Gasteiger partial charge in [0.2, 0.25) is 0 Å². The lowest BCUT2D eigenvalue weighted by atomic mass is 9.86. The van der Waals surface area contributed by atoms with Gasteiger partial charge in [0.15, 0.2) is 0 Å². The third-order valence-corrected chi connectivity index (χ3v) is 4.04. The van der Waals surface area contributed by atoms with E-state index in [9.17, 15) is 5.11 Å². The van der Waals surface area contributed by atoms with Crippen LogP contribution >= 0.6 is 0 Å². The highest BCUT2D eigenvalue weighted by molar-refractivity contribution is 5.39. The first-order valence-electron chi connectivity index (χ1n) is 6.99. The van der Waals surface area contributed by atoms with Crippen molar-refractivity contribution in [2.75, 3.05) is 7.11 Å². The topological polar surface area (TPSA) is 38.7 Å². The van der Waals surface area contributed by atoms with Gasteiger partial charge in [-0.2, -0.15) is 0 Å². The zero-order chi connectivity index (χ0) is 14.0. The number of aliphatic hydroxyl groups is 1. The third kappa shape index (κ3) is 3.10. The Kier molecular flexibility index (Phi) is 4.16. The van der Waals surface area contributed by atoms with Gasteiger partial charge in [0.25, 0.3) is 0 Å². The highest BCUT2D eigenvalue weighted by Crippen LogP contribution is 2.36. The van der Waals surface area contributed by atoms with Gasteiger partial charge in [0.1, 0.15) is 11.9 Å². The quantitative estimate of drug-likeness (QED) is 0.907. The lowest BCUT2D eigenvalue weighted by Gasteiger charge is -2.36. The summed E-state index contributed by atoms with van der Waals surface area (Å²) >= 11 is 0. The maximum Gasteiger partial charge on any atom is 0.119 e. The molecule has 2 rings (SSSR count). The van der Waals surface area contributed by atoms with Crippen molar-refractivity contribution in [1.29, 1.82) is 0 Å². The molecule has 3 heteroatoms. The van der Waals surface area contributed by atoms with E-state index in [4.69, 9.17) is 9.47 Å². The Morgan fingerprint density at radius 2 is 2.11 bits per heavy atom. The monoisotopic (exact) mass is 264 g/mol. The largest absolute Gasteiger partial charge is 0.497 e. The Morgan fingerprint density at radius 1 is 1.37 bits per heavy atom. The van der Waals surface area contributed by atoms with Crippen LogP contribution in [0.1, 0.15) is 50.8 Å². The molecule has 0 radical (unpaired) electrons. The number of hydrogen-bond acceptors (Lipinski definition) is 3. The maximum absolute atomic E-state index is 10.5. The van der Waals surface area contributed by atoms with Crippen molar-refractivity contribution in [2.45, 2.75) is 57.8 Å². The van der Waals surface area contributed by atoms with Crippen molar-refractivity contribution in [3.05, 3.63) is 29.3 Å². The molecule has 0 amide bonds. The fourth-order valence-corrected chi connectivity index (χ4v) is 2.48. The smallest absolute Gasteiger partial charge is 0.119 e. The van der Waals surface area contributed by atoms with Gasteiger partial charge in [-0.15, -0.1) is 0 Å². The Bertz CT molecular complexity index is 440. The fraction of sp³-hybridized carbons (Fsp3) is 0.625. The second kappa shape index (κ2) is 5.51. The van der Waals surface area contributed by atoms with E-state index < -0.39 is 6.10 Å². The molecular weight excluding hydrogens is 240 g/mol. The number of fused-ring (bicyclic) bond motifs is 1. The second-order valence-electron chi connectivity index (χ2n) is 5.82. The zero-order valence-electron chi connectivity index (χ0n) is 12.3. The maximum atomic E-state index is 10.5. The molecule has 19 heavy (non-hydrogen) atoms. The summed E-state index contributed by atoms with van der Waals surface area (Å²) in [6.45, 7) is 6.24. The minimum absolute atomic E-state index is 0.130. The van der Waals surface area contributed by atoms with Gasteiger partial charge >= 0.3 is 0 Å². The van der Waals surface area contributed by atoms with Crippen molar-refractivity contribution in [1.82, 2.24) is 0 Å². The first-order chi connectivity index (χ1) is 8.96. The number of hydrogen-bond donors (Lipinski definition) is 1. The Balaban J connectivity index is 2.20. The second-order valence-corrected chi connectivity index (χ2v) is 5.82. The molecule has 0 fully saturated rings. The summed E-state index contributed by atoms with van der Waals surface area (Å²) in [5, 5.41) is 10.5. The van der Waals surface area contributed by atoms with Crippen LogP contribution < -0.4 is 4.74 Å². The van der Waals surface area contributed by atoms with Crippen LogP contribution in [-0.4, -0.2) is 23.9 Å². The number of methoxy groups -OCH3 is 1. The normalized spacial score (nSPS) is 23.0. The molecule has 0 aromatic heterocycles. The first kappa shape index (κ1) is 14.4. The van der Waals surface area contributed by atoms with Gasteiger partial charge in [-0.05, 0) is 56.4 Å². The summed E-state index contributed by atoms with van der Waals surface area (Å²) in [7, 11) is 1.64. The van der Waals surface area contributed by atoms with Gasteiger partial charge in [0.05, 0.1) is 18.8 Å². The molecule has 1 aromatic carbocycles. The van der Waals surface area contributed by atoms with E-state index in [0.29, 0.717) is 0 Å². The van der Waals surface area contributed by atoms with Crippen LogP contribution in [0.2, 0.25) is 0 Å². The molecule has 0 heterocycles. The molecule has 1 aliphatic rings. The Hall–Kier alpha value is -1.06. The average molecular weight is 264 g/mol. The molecule has 0 saturated carbocycles. The van der Waals surface area contributed by atoms with Crippen LogP contribution in [0, 0.1) is 0 Å². The van der Waals surface area contributed by atoms with Crippen LogP contribution in [0.4, 0.5) is 0 Å². The van der Waals surface area contributed by atoms with Crippen molar-refractivity contribution >= 4 is 0 Å². The Labute approximate surface area is 115 Å². The minimum Gasteiger partial charge on any atom is -0.497 e. The molecule has 2 atom stereocenters. The predicted molar refractivity (Wildman–Crippen MR) is 75.5 cm³/mol. The van der Waals surface area contributed by atoms with Crippen molar-refractivity contribution in [3.8, 4) is 5.75 Å². The van der Waals surface area contributed by atoms with E-state index in [1.807, 2.05) is 18.2 Å². The summed E-state index contributed by atoms with van der Waals surface area (Å²) in [6, 6.07) is 5.91. The van der Waals surface area contributed by atoms with Gasteiger partial charge in [-0.3, -0.25) is 0 Å². The van der Waals surface area contributed by atoms with E-state index in [-0.39, 0.29) is 11.7 Å². The van der Waals surface area contributed by atoms with E-state index >= 15 is 0 Å². The summed E-state index contributed by atoms with van der Waals surface area (Å²) in [5.41, 5.74) is 1.95. The number of ether oxygens (including phenoxy) is 2. The van der Waals surface area contributed by atoms with Crippen LogP contribution in [0.3, 0.4) is 0 Å². The van der Waals surface area contributed by atoms with Gasteiger partial charge in [-0.25, -0.2) is 0 Å². The van der Waals surface area contributed by atoms with Crippen molar-refractivity contribution in [2.24, 2.45) is 0 Å². The highest BCUT2D eigenvalue weighted by atomic mass is 16.5. The standard InChI is InChI=1S/C16H24O3/c1-5-16(2,3)19-14-9-7-11-6-8-12(18-4)10-13(11)15(14)17/h6,8,10,14-15,17H,5,7,9H2,1-4H3. The molecular formula is C16H24O3. The zero-order valence-corrected chi connectivity index (χ0v) is 12.3. The van der Waals surface area contributed by atoms with E-state index in [1.54, 1.807) is 7.11 Å². The first-order valence-corrected chi connectivity index (χ1v) is 6.99. The predicted octanol–water partition coefficient (Wildman–Crippen LogP) is 3.25.